The van der Waals surface area contributed by atoms with E-state index in [1.807, 2.05) is 0 Å². The van der Waals surface area contributed by atoms with Crippen molar-refractivity contribution in [1.82, 2.24) is 5.32 Å². The van der Waals surface area contributed by atoms with Gasteiger partial charge in [-0.25, -0.2) is 4.79 Å². The Bertz CT molecular complexity index is 216. The van der Waals surface area contributed by atoms with Crippen molar-refractivity contribution >= 4 is 12.1 Å². The van der Waals surface area contributed by atoms with Crippen LogP contribution in [0, 0.1) is 5.92 Å². The summed E-state index contributed by atoms with van der Waals surface area (Å²) in [6.45, 7) is 0. The molecule has 0 aliphatic heterocycles. The highest BCUT2D eigenvalue weighted by atomic mass is 16.4. The van der Waals surface area contributed by atoms with Gasteiger partial charge in [0.25, 0.3) is 0 Å². The molecule has 13 heavy (non-hydrogen) atoms. The van der Waals surface area contributed by atoms with Crippen LogP contribution in [0.15, 0.2) is 0 Å². The zero-order chi connectivity index (χ0) is 9.84. The third-order valence-corrected chi connectivity index (χ3v) is 2.39. The van der Waals surface area contributed by atoms with Gasteiger partial charge in [-0.1, -0.05) is 12.8 Å². The highest BCUT2D eigenvalue weighted by molar-refractivity contribution is 5.73. The van der Waals surface area contributed by atoms with Crippen molar-refractivity contribution < 1.29 is 19.8 Å². The number of rotatable bonds is 2. The first kappa shape index (κ1) is 9.83. The molecule has 0 aromatic carbocycles. The van der Waals surface area contributed by atoms with Crippen LogP contribution in [-0.2, 0) is 4.79 Å². The molecule has 1 amide bonds. The van der Waals surface area contributed by atoms with Crippen molar-refractivity contribution in [1.29, 1.82) is 0 Å². The summed E-state index contributed by atoms with van der Waals surface area (Å²) in [7, 11) is 0. The molecule has 1 rings (SSSR count). The quantitative estimate of drug-likeness (QED) is 0.599. The third-order valence-electron chi connectivity index (χ3n) is 2.39. The summed E-state index contributed by atoms with van der Waals surface area (Å²) in [6, 6.07) is -0.413. The minimum Gasteiger partial charge on any atom is -0.481 e. The van der Waals surface area contributed by atoms with Crippen molar-refractivity contribution in [2.45, 2.75) is 31.7 Å². The van der Waals surface area contributed by atoms with E-state index in [4.69, 9.17) is 10.2 Å². The Morgan fingerprint density at radius 2 is 1.77 bits per heavy atom. The van der Waals surface area contributed by atoms with Crippen LogP contribution in [0.25, 0.3) is 0 Å². The monoisotopic (exact) mass is 187 g/mol. The molecule has 2 atom stereocenters. The van der Waals surface area contributed by atoms with Crippen LogP contribution in [0.4, 0.5) is 4.79 Å². The fourth-order valence-corrected chi connectivity index (χ4v) is 1.76. The van der Waals surface area contributed by atoms with E-state index in [0.717, 1.165) is 12.8 Å². The number of aliphatic carboxylic acids is 1. The maximum absolute atomic E-state index is 10.7. The van der Waals surface area contributed by atoms with Crippen LogP contribution in [0.5, 0.6) is 0 Å². The average molecular weight is 187 g/mol. The molecular weight excluding hydrogens is 174 g/mol. The molecule has 3 N–H and O–H groups in total. The Labute approximate surface area is 75.7 Å². The molecule has 5 heteroatoms. The Hall–Kier alpha value is -1.26. The lowest BCUT2D eigenvalue weighted by molar-refractivity contribution is -0.143. The molecule has 0 bridgehead atoms. The highest BCUT2D eigenvalue weighted by Crippen LogP contribution is 2.24. The van der Waals surface area contributed by atoms with Crippen LogP contribution in [0.1, 0.15) is 25.7 Å². The van der Waals surface area contributed by atoms with E-state index in [2.05, 4.69) is 5.32 Å². The minimum atomic E-state index is -1.14. The van der Waals surface area contributed by atoms with Crippen LogP contribution in [0.2, 0.25) is 0 Å². The van der Waals surface area contributed by atoms with E-state index < -0.39 is 24.0 Å². The molecule has 1 aliphatic rings. The summed E-state index contributed by atoms with van der Waals surface area (Å²) < 4.78 is 0. The topological polar surface area (TPSA) is 86.6 Å². The first-order valence-electron chi connectivity index (χ1n) is 4.33. The van der Waals surface area contributed by atoms with Gasteiger partial charge in [-0.2, -0.15) is 0 Å². The van der Waals surface area contributed by atoms with Gasteiger partial charge >= 0.3 is 12.1 Å². The predicted molar refractivity (Wildman–Crippen MR) is 44.5 cm³/mol. The van der Waals surface area contributed by atoms with Gasteiger partial charge in [-0.15, -0.1) is 0 Å². The number of hydrogen-bond acceptors (Lipinski definition) is 2. The fraction of sp³-hybridized carbons (Fsp3) is 0.750. The summed E-state index contributed by atoms with van der Waals surface area (Å²) in [6.07, 6.45) is 1.82. The van der Waals surface area contributed by atoms with E-state index in [0.29, 0.717) is 12.8 Å². The van der Waals surface area contributed by atoms with Crippen LogP contribution < -0.4 is 5.32 Å². The minimum absolute atomic E-state index is 0.413. The number of hydrogen-bond donors (Lipinski definition) is 3. The lowest BCUT2D eigenvalue weighted by atomic mass is 9.85. The smallest absolute Gasteiger partial charge is 0.404 e. The van der Waals surface area contributed by atoms with Gasteiger partial charge in [0.1, 0.15) is 0 Å². The molecule has 0 heterocycles. The number of carbonyl (C=O) groups is 2. The lowest BCUT2D eigenvalue weighted by Crippen LogP contribution is -2.44. The number of nitrogens with one attached hydrogen (secondary N) is 1. The van der Waals surface area contributed by atoms with E-state index >= 15 is 0 Å². The molecule has 0 aromatic heterocycles. The average Bonchev–Trinajstić information content (AvgIpc) is 2.03. The maximum atomic E-state index is 10.7. The zero-order valence-corrected chi connectivity index (χ0v) is 7.19. The summed E-state index contributed by atoms with van der Waals surface area (Å²) in [5, 5.41) is 19.5. The van der Waals surface area contributed by atoms with E-state index in [1.165, 1.54) is 0 Å². The van der Waals surface area contributed by atoms with Gasteiger partial charge in [0.05, 0.1) is 5.92 Å². The highest BCUT2D eigenvalue weighted by Gasteiger charge is 2.31. The van der Waals surface area contributed by atoms with Crippen molar-refractivity contribution in [3.05, 3.63) is 0 Å². The first-order valence-corrected chi connectivity index (χ1v) is 4.33. The van der Waals surface area contributed by atoms with Gasteiger partial charge in [0.15, 0.2) is 0 Å². The second-order valence-corrected chi connectivity index (χ2v) is 3.29. The second kappa shape index (κ2) is 4.11. The standard InChI is InChI=1S/C8H13NO4/c10-7(11)5-3-1-2-4-6(5)9-8(12)13/h5-6,9H,1-4H2,(H,10,11)(H,12,13). The molecule has 0 aromatic rings. The third kappa shape index (κ3) is 2.61. The molecule has 5 nitrogen and oxygen atoms in total. The van der Waals surface area contributed by atoms with E-state index in [1.54, 1.807) is 0 Å². The molecular formula is C8H13NO4. The van der Waals surface area contributed by atoms with Crippen molar-refractivity contribution in [2.75, 3.05) is 0 Å². The van der Waals surface area contributed by atoms with Crippen molar-refractivity contribution in [2.24, 2.45) is 5.92 Å². The molecule has 0 spiro atoms. The Morgan fingerprint density at radius 1 is 1.15 bits per heavy atom. The second-order valence-electron chi connectivity index (χ2n) is 3.29. The van der Waals surface area contributed by atoms with Crippen molar-refractivity contribution in [3.8, 4) is 0 Å². The fourth-order valence-electron chi connectivity index (χ4n) is 1.76. The molecule has 1 aliphatic carbocycles. The molecule has 1 fully saturated rings. The van der Waals surface area contributed by atoms with Gasteiger partial charge in [0.2, 0.25) is 0 Å². The molecule has 74 valence electrons. The maximum Gasteiger partial charge on any atom is 0.404 e. The SMILES string of the molecule is O=C(O)NC1CCCCC1C(=O)O. The zero-order valence-electron chi connectivity index (χ0n) is 7.19. The largest absolute Gasteiger partial charge is 0.481 e. The van der Waals surface area contributed by atoms with Crippen LogP contribution in [0.3, 0.4) is 0 Å². The van der Waals surface area contributed by atoms with E-state index in [-0.39, 0.29) is 0 Å². The van der Waals surface area contributed by atoms with Gasteiger partial charge in [-0.3, -0.25) is 4.79 Å². The number of carboxylic acid groups (broad SMARTS) is 2. The van der Waals surface area contributed by atoms with Gasteiger partial charge < -0.3 is 15.5 Å². The van der Waals surface area contributed by atoms with Gasteiger partial charge in [0, 0.05) is 6.04 Å². The van der Waals surface area contributed by atoms with Gasteiger partial charge in [-0.05, 0) is 12.8 Å². The summed E-state index contributed by atoms with van der Waals surface area (Å²) in [4.78, 5) is 21.0. The first-order chi connectivity index (χ1) is 6.11. The normalized spacial score (nSPS) is 28.0. The lowest BCUT2D eigenvalue weighted by Gasteiger charge is -2.27. The van der Waals surface area contributed by atoms with Crippen LogP contribution in [-0.4, -0.2) is 28.3 Å². The summed E-state index contributed by atoms with van der Waals surface area (Å²) in [5.41, 5.74) is 0. The summed E-state index contributed by atoms with van der Waals surface area (Å²) >= 11 is 0. The molecule has 2 unspecified atom stereocenters. The van der Waals surface area contributed by atoms with Crippen molar-refractivity contribution in [3.63, 3.8) is 0 Å². The van der Waals surface area contributed by atoms with E-state index in [9.17, 15) is 9.59 Å². The molecule has 0 saturated heterocycles. The molecule has 0 radical (unpaired) electrons. The Morgan fingerprint density at radius 3 is 2.31 bits per heavy atom. The Kier molecular flexibility index (Phi) is 3.11. The van der Waals surface area contributed by atoms with Crippen LogP contribution >= 0.6 is 0 Å². The number of amides is 1. The Balaban J connectivity index is 2.56. The predicted octanol–water partition coefficient (Wildman–Crippen LogP) is 0.897. The molecule has 1 saturated carbocycles. The summed E-state index contributed by atoms with van der Waals surface area (Å²) in [5.74, 6) is -1.46. The number of carboxylic acids is 1.